The van der Waals surface area contributed by atoms with Gasteiger partial charge in [0.05, 0.1) is 11.9 Å². The Balaban J connectivity index is 2.32. The molecule has 0 aliphatic carbocycles. The van der Waals surface area contributed by atoms with Crippen LogP contribution in [0.15, 0.2) is 48.5 Å². The highest BCUT2D eigenvalue weighted by atomic mass is 32.2. The van der Waals surface area contributed by atoms with Crippen LogP contribution in [0.3, 0.4) is 0 Å². The smallest absolute Gasteiger partial charge is 0.244 e. The van der Waals surface area contributed by atoms with Gasteiger partial charge in [-0.25, -0.2) is 8.42 Å². The second kappa shape index (κ2) is 10.4. The van der Waals surface area contributed by atoms with E-state index in [-0.39, 0.29) is 12.5 Å². The van der Waals surface area contributed by atoms with Crippen LogP contribution in [0.4, 0.5) is 5.69 Å². The fourth-order valence-corrected chi connectivity index (χ4v) is 4.37. The summed E-state index contributed by atoms with van der Waals surface area (Å²) in [5.41, 5.74) is 3.24. The summed E-state index contributed by atoms with van der Waals surface area (Å²) in [5, 5.41) is 2.56. The van der Waals surface area contributed by atoms with Gasteiger partial charge in [0.1, 0.15) is 12.6 Å². The molecule has 0 fully saturated rings. The number of aryl methyl sites for hydroxylation is 2. The van der Waals surface area contributed by atoms with Gasteiger partial charge in [0.15, 0.2) is 0 Å². The second-order valence-corrected chi connectivity index (χ2v) is 9.58. The molecule has 0 heterocycles. The number of benzene rings is 2. The molecule has 8 heteroatoms. The largest absolute Gasteiger partial charge is 0.357 e. The molecule has 0 aliphatic rings. The van der Waals surface area contributed by atoms with Crippen LogP contribution in [-0.4, -0.2) is 57.6 Å². The summed E-state index contributed by atoms with van der Waals surface area (Å²) in [6.45, 7) is 5.29. The van der Waals surface area contributed by atoms with Gasteiger partial charge < -0.3 is 10.2 Å². The molecule has 2 aromatic rings. The zero-order chi connectivity index (χ0) is 23.2. The van der Waals surface area contributed by atoms with Crippen LogP contribution in [-0.2, 0) is 26.0 Å². The number of rotatable bonds is 9. The van der Waals surface area contributed by atoms with Gasteiger partial charge in [-0.05, 0) is 44.4 Å². The highest BCUT2D eigenvalue weighted by molar-refractivity contribution is 7.92. The van der Waals surface area contributed by atoms with Crippen molar-refractivity contribution in [3.63, 3.8) is 0 Å². The third kappa shape index (κ3) is 6.55. The highest BCUT2D eigenvalue weighted by Crippen LogP contribution is 2.24. The highest BCUT2D eigenvalue weighted by Gasteiger charge is 2.29. The molecular weight excluding hydrogens is 414 g/mol. The summed E-state index contributed by atoms with van der Waals surface area (Å²) >= 11 is 0. The van der Waals surface area contributed by atoms with E-state index in [1.807, 2.05) is 56.3 Å². The van der Waals surface area contributed by atoms with Crippen LogP contribution in [0.25, 0.3) is 0 Å². The summed E-state index contributed by atoms with van der Waals surface area (Å²) in [7, 11) is -2.20. The number of carbonyl (C=O) groups is 2. The van der Waals surface area contributed by atoms with Crippen LogP contribution < -0.4 is 9.62 Å². The first kappa shape index (κ1) is 24.4. The fraction of sp³-hybridized carbons (Fsp3) is 0.391. The van der Waals surface area contributed by atoms with Crippen molar-refractivity contribution >= 4 is 27.5 Å². The average Bonchev–Trinajstić information content (AvgIpc) is 2.72. The Labute approximate surface area is 185 Å². The number of anilines is 1. The first-order valence-corrected chi connectivity index (χ1v) is 12.0. The van der Waals surface area contributed by atoms with E-state index in [0.717, 1.165) is 27.3 Å². The third-order valence-electron chi connectivity index (χ3n) is 5.20. The summed E-state index contributed by atoms with van der Waals surface area (Å²) in [6, 6.07) is 14.3. The van der Waals surface area contributed by atoms with Crippen LogP contribution in [0.5, 0.6) is 0 Å². The lowest BCUT2D eigenvalue weighted by atomic mass is 10.1. The molecule has 2 rings (SSSR count). The third-order valence-corrected chi connectivity index (χ3v) is 6.32. The molecule has 7 nitrogen and oxygen atoms in total. The lowest BCUT2D eigenvalue weighted by Gasteiger charge is -2.31. The first-order chi connectivity index (χ1) is 14.5. The number of carbonyl (C=O) groups excluding carboxylic acids is 2. The minimum atomic E-state index is -3.72. The Morgan fingerprint density at radius 1 is 1.06 bits per heavy atom. The molecule has 0 aromatic heterocycles. The van der Waals surface area contributed by atoms with Crippen LogP contribution in [0.2, 0.25) is 0 Å². The molecule has 0 saturated carbocycles. The molecule has 1 unspecified atom stereocenters. The van der Waals surface area contributed by atoms with Crippen molar-refractivity contribution in [1.82, 2.24) is 10.2 Å². The maximum atomic E-state index is 13.3. The number of amides is 2. The van der Waals surface area contributed by atoms with Gasteiger partial charge in [0.25, 0.3) is 0 Å². The van der Waals surface area contributed by atoms with E-state index in [0.29, 0.717) is 18.7 Å². The normalized spacial score (nSPS) is 12.2. The van der Waals surface area contributed by atoms with E-state index in [4.69, 9.17) is 0 Å². The lowest BCUT2D eigenvalue weighted by Crippen LogP contribution is -2.51. The molecule has 2 amide bonds. The van der Waals surface area contributed by atoms with Gasteiger partial charge in [0, 0.05) is 13.6 Å². The number of sulfonamides is 1. The van der Waals surface area contributed by atoms with Crippen molar-refractivity contribution in [2.75, 3.05) is 30.7 Å². The molecule has 31 heavy (non-hydrogen) atoms. The zero-order valence-electron chi connectivity index (χ0n) is 18.8. The Morgan fingerprint density at radius 3 is 2.26 bits per heavy atom. The molecule has 168 valence electrons. The van der Waals surface area contributed by atoms with Crippen molar-refractivity contribution in [2.24, 2.45) is 0 Å². The minimum Gasteiger partial charge on any atom is -0.357 e. The maximum Gasteiger partial charge on any atom is 0.244 e. The Kier molecular flexibility index (Phi) is 8.21. The van der Waals surface area contributed by atoms with Crippen molar-refractivity contribution in [1.29, 1.82) is 0 Å². The quantitative estimate of drug-likeness (QED) is 0.642. The van der Waals surface area contributed by atoms with Gasteiger partial charge in [-0.2, -0.15) is 0 Å². The molecular formula is C23H31N3O4S. The van der Waals surface area contributed by atoms with Gasteiger partial charge in [-0.1, -0.05) is 48.0 Å². The maximum absolute atomic E-state index is 13.3. The first-order valence-electron chi connectivity index (χ1n) is 10.1. The number of hydrogen-bond acceptors (Lipinski definition) is 4. The Bertz CT molecular complexity index is 1020. The van der Waals surface area contributed by atoms with Crippen molar-refractivity contribution in [3.05, 3.63) is 65.2 Å². The van der Waals surface area contributed by atoms with E-state index in [9.17, 15) is 18.0 Å². The Hall–Kier alpha value is -2.87. The van der Waals surface area contributed by atoms with E-state index >= 15 is 0 Å². The number of nitrogens with zero attached hydrogens (tertiary/aromatic N) is 2. The molecule has 1 atom stereocenters. The van der Waals surface area contributed by atoms with Crippen molar-refractivity contribution in [2.45, 2.75) is 33.2 Å². The molecule has 2 aromatic carbocycles. The summed E-state index contributed by atoms with van der Waals surface area (Å²) in [6.07, 6.45) is 1.63. The van der Waals surface area contributed by atoms with E-state index in [1.54, 1.807) is 13.0 Å². The fourth-order valence-electron chi connectivity index (χ4n) is 3.46. The van der Waals surface area contributed by atoms with Crippen molar-refractivity contribution in [3.8, 4) is 0 Å². The van der Waals surface area contributed by atoms with E-state index < -0.39 is 22.0 Å². The number of hydrogen-bond donors (Lipinski definition) is 1. The molecule has 0 aliphatic heterocycles. The summed E-state index contributed by atoms with van der Waals surface area (Å²) in [5.74, 6) is -0.740. The van der Waals surface area contributed by atoms with Gasteiger partial charge in [0.2, 0.25) is 21.8 Å². The molecule has 0 saturated heterocycles. The van der Waals surface area contributed by atoms with Crippen LogP contribution in [0.1, 0.15) is 23.6 Å². The standard InChI is InChI=1S/C23H31N3O4S/c1-17-11-12-21(18(2)15-17)26(31(5,29)30)16-22(27)25(19(3)23(28)24-4)14-13-20-9-7-6-8-10-20/h6-12,15,19H,13-14,16H2,1-5H3,(H,24,28). The predicted octanol–water partition coefficient (Wildman–Crippen LogP) is 2.28. The SMILES string of the molecule is CNC(=O)C(C)N(CCc1ccccc1)C(=O)CN(c1ccc(C)cc1C)S(C)(=O)=O. The van der Waals surface area contributed by atoms with Gasteiger partial charge in [-0.3, -0.25) is 13.9 Å². The summed E-state index contributed by atoms with van der Waals surface area (Å²) in [4.78, 5) is 27.0. The topological polar surface area (TPSA) is 86.8 Å². The predicted molar refractivity (Wildman–Crippen MR) is 123 cm³/mol. The summed E-state index contributed by atoms with van der Waals surface area (Å²) < 4.78 is 26.2. The van der Waals surface area contributed by atoms with Gasteiger partial charge in [-0.15, -0.1) is 0 Å². The Morgan fingerprint density at radius 2 is 1.71 bits per heavy atom. The van der Waals surface area contributed by atoms with E-state index in [1.165, 1.54) is 11.9 Å². The number of nitrogens with one attached hydrogen (secondary N) is 1. The monoisotopic (exact) mass is 445 g/mol. The molecule has 0 spiro atoms. The van der Waals surface area contributed by atoms with E-state index in [2.05, 4.69) is 5.32 Å². The second-order valence-electron chi connectivity index (χ2n) is 7.67. The average molecular weight is 446 g/mol. The van der Waals surface area contributed by atoms with Crippen LogP contribution in [0, 0.1) is 13.8 Å². The lowest BCUT2D eigenvalue weighted by molar-refractivity contribution is -0.138. The molecule has 0 bridgehead atoms. The number of likely N-dealkylation sites (N-methyl/N-ethyl adjacent to an activating group) is 1. The molecule has 1 N–H and O–H groups in total. The van der Waals surface area contributed by atoms with Crippen LogP contribution >= 0.6 is 0 Å². The van der Waals surface area contributed by atoms with Gasteiger partial charge >= 0.3 is 0 Å². The minimum absolute atomic E-state index is 0.294. The zero-order valence-corrected chi connectivity index (χ0v) is 19.6. The molecule has 0 radical (unpaired) electrons. The van der Waals surface area contributed by atoms with Crippen molar-refractivity contribution < 1.29 is 18.0 Å².